The molecule has 1 amide bonds. The van der Waals surface area contributed by atoms with E-state index in [9.17, 15) is 13.2 Å². The fourth-order valence-electron chi connectivity index (χ4n) is 3.80. The standard InChI is InChI=1S/C23H27N5O3S2/c1-16-7-6-8-19(15-16)21(29)24-22-25-26-23(32-22)33(30,31)27-17(2)18-9-11-20(12-10-18)28-13-4-3-5-14-28/h6-12,15,17,27H,3-5,13-14H2,1-2H3,(H,24,25,29)/t17-/m0/s1. The predicted molar refractivity (Wildman–Crippen MR) is 130 cm³/mol. The van der Waals surface area contributed by atoms with Crippen LogP contribution >= 0.6 is 11.3 Å². The molecule has 0 unspecified atom stereocenters. The lowest BCUT2D eigenvalue weighted by molar-refractivity contribution is 0.102. The molecule has 8 nitrogen and oxygen atoms in total. The number of aryl methyl sites for hydroxylation is 1. The molecular weight excluding hydrogens is 458 g/mol. The second-order valence-corrected chi connectivity index (χ2v) is 11.0. The summed E-state index contributed by atoms with van der Waals surface area (Å²) in [6, 6.07) is 14.6. The fourth-order valence-corrected chi connectivity index (χ4v) is 5.94. The molecule has 4 rings (SSSR count). The number of carbonyl (C=O) groups excluding carboxylic acids is 1. The van der Waals surface area contributed by atoms with Crippen molar-refractivity contribution in [2.24, 2.45) is 0 Å². The number of rotatable bonds is 7. The first-order valence-corrected chi connectivity index (χ1v) is 13.2. The van der Waals surface area contributed by atoms with Crippen LogP contribution in [0.1, 0.15) is 53.7 Å². The number of carbonyl (C=O) groups is 1. The first-order valence-electron chi connectivity index (χ1n) is 10.9. The van der Waals surface area contributed by atoms with Crippen molar-refractivity contribution < 1.29 is 13.2 Å². The van der Waals surface area contributed by atoms with E-state index in [0.29, 0.717) is 5.56 Å². The van der Waals surface area contributed by atoms with Gasteiger partial charge in [0, 0.05) is 30.4 Å². The average molecular weight is 486 g/mol. The molecule has 1 atom stereocenters. The van der Waals surface area contributed by atoms with Crippen LogP contribution in [-0.2, 0) is 10.0 Å². The Bertz CT molecular complexity index is 1220. The molecule has 1 aliphatic rings. The Hall–Kier alpha value is -2.82. The van der Waals surface area contributed by atoms with E-state index < -0.39 is 16.1 Å². The number of nitrogens with zero attached hydrogens (tertiary/aromatic N) is 3. The summed E-state index contributed by atoms with van der Waals surface area (Å²) in [6.07, 6.45) is 3.68. The summed E-state index contributed by atoms with van der Waals surface area (Å²) >= 11 is 0.814. The number of anilines is 2. The summed E-state index contributed by atoms with van der Waals surface area (Å²) in [5.41, 5.74) is 3.43. The van der Waals surface area contributed by atoms with Gasteiger partial charge in [-0.1, -0.05) is 41.2 Å². The van der Waals surface area contributed by atoms with Gasteiger partial charge in [0.25, 0.3) is 15.9 Å². The third-order valence-electron chi connectivity index (χ3n) is 5.58. The van der Waals surface area contributed by atoms with Crippen molar-refractivity contribution in [3.8, 4) is 0 Å². The number of aromatic nitrogens is 2. The number of benzene rings is 2. The Morgan fingerprint density at radius 2 is 1.79 bits per heavy atom. The van der Waals surface area contributed by atoms with Gasteiger partial charge in [0.1, 0.15) is 0 Å². The molecule has 1 aliphatic heterocycles. The molecule has 174 valence electrons. The van der Waals surface area contributed by atoms with Crippen LogP contribution in [0.25, 0.3) is 0 Å². The van der Waals surface area contributed by atoms with Crippen LogP contribution in [0.5, 0.6) is 0 Å². The highest BCUT2D eigenvalue weighted by Gasteiger charge is 2.24. The Kier molecular flexibility index (Phi) is 7.06. The minimum absolute atomic E-state index is 0.125. The van der Waals surface area contributed by atoms with Gasteiger partial charge in [-0.05, 0) is 62.9 Å². The summed E-state index contributed by atoms with van der Waals surface area (Å²) < 4.78 is 28.1. The van der Waals surface area contributed by atoms with Crippen molar-refractivity contribution >= 4 is 38.1 Å². The highest BCUT2D eigenvalue weighted by atomic mass is 32.2. The zero-order chi connectivity index (χ0) is 23.4. The number of amides is 1. The quantitative estimate of drug-likeness (QED) is 0.488. The van der Waals surface area contributed by atoms with Gasteiger partial charge in [-0.15, -0.1) is 10.2 Å². The zero-order valence-corrected chi connectivity index (χ0v) is 20.2. The van der Waals surface area contributed by atoms with Gasteiger partial charge in [0.15, 0.2) is 0 Å². The van der Waals surface area contributed by atoms with E-state index in [0.717, 1.165) is 41.2 Å². The minimum Gasteiger partial charge on any atom is -0.372 e. The zero-order valence-electron chi connectivity index (χ0n) is 18.6. The topological polar surface area (TPSA) is 104 Å². The Labute approximate surface area is 198 Å². The third kappa shape index (κ3) is 5.76. The lowest BCUT2D eigenvalue weighted by atomic mass is 10.1. The number of sulfonamides is 1. The molecule has 0 bridgehead atoms. The smallest absolute Gasteiger partial charge is 0.270 e. The van der Waals surface area contributed by atoms with Gasteiger partial charge < -0.3 is 4.90 Å². The van der Waals surface area contributed by atoms with Crippen LogP contribution < -0.4 is 14.9 Å². The van der Waals surface area contributed by atoms with E-state index in [-0.39, 0.29) is 15.4 Å². The SMILES string of the molecule is Cc1cccc(C(=O)Nc2nnc(S(=O)(=O)N[C@@H](C)c3ccc(N4CCCCC4)cc3)s2)c1. The van der Waals surface area contributed by atoms with E-state index >= 15 is 0 Å². The lowest BCUT2D eigenvalue weighted by Gasteiger charge is -2.29. The maximum absolute atomic E-state index is 12.8. The largest absolute Gasteiger partial charge is 0.372 e. The van der Waals surface area contributed by atoms with Gasteiger partial charge in [-0.25, -0.2) is 13.1 Å². The monoisotopic (exact) mass is 485 g/mol. The number of nitrogens with one attached hydrogen (secondary N) is 2. The maximum atomic E-state index is 12.8. The molecule has 2 aromatic carbocycles. The minimum atomic E-state index is -3.89. The third-order valence-corrected chi connectivity index (χ3v) is 8.33. The normalized spacial score (nSPS) is 15.3. The van der Waals surface area contributed by atoms with Crippen LogP contribution in [-0.4, -0.2) is 37.6 Å². The Morgan fingerprint density at radius 3 is 2.48 bits per heavy atom. The van der Waals surface area contributed by atoms with Crippen molar-refractivity contribution in [2.75, 3.05) is 23.3 Å². The van der Waals surface area contributed by atoms with Crippen LogP contribution in [0.15, 0.2) is 52.9 Å². The van der Waals surface area contributed by atoms with Crippen molar-refractivity contribution in [1.82, 2.24) is 14.9 Å². The molecule has 0 spiro atoms. The van der Waals surface area contributed by atoms with Crippen LogP contribution in [0.2, 0.25) is 0 Å². The average Bonchev–Trinajstić information content (AvgIpc) is 3.29. The molecule has 2 N–H and O–H groups in total. The van der Waals surface area contributed by atoms with E-state index in [1.165, 1.54) is 19.3 Å². The molecule has 1 saturated heterocycles. The van der Waals surface area contributed by atoms with Crippen LogP contribution in [0, 0.1) is 6.92 Å². The lowest BCUT2D eigenvalue weighted by Crippen LogP contribution is -2.29. The van der Waals surface area contributed by atoms with E-state index in [2.05, 4.69) is 25.1 Å². The molecule has 1 fully saturated rings. The summed E-state index contributed by atoms with van der Waals surface area (Å²) in [6.45, 7) is 5.79. The molecule has 2 heterocycles. The second kappa shape index (κ2) is 9.98. The highest BCUT2D eigenvalue weighted by molar-refractivity contribution is 7.91. The van der Waals surface area contributed by atoms with E-state index in [4.69, 9.17) is 0 Å². The molecular formula is C23H27N5O3S2. The number of hydrogen-bond donors (Lipinski definition) is 2. The van der Waals surface area contributed by atoms with Gasteiger partial charge in [0.05, 0.1) is 0 Å². The van der Waals surface area contributed by atoms with Crippen molar-refractivity contribution in [3.05, 3.63) is 65.2 Å². The summed E-state index contributed by atoms with van der Waals surface area (Å²) in [5, 5.41) is 10.3. The van der Waals surface area contributed by atoms with Crippen LogP contribution in [0.4, 0.5) is 10.8 Å². The number of piperidine rings is 1. The van der Waals surface area contributed by atoms with Crippen LogP contribution in [0.3, 0.4) is 0 Å². The number of hydrogen-bond acceptors (Lipinski definition) is 7. The van der Waals surface area contributed by atoms with Gasteiger partial charge in [-0.3, -0.25) is 10.1 Å². The molecule has 0 saturated carbocycles. The molecule has 0 aliphatic carbocycles. The van der Waals surface area contributed by atoms with E-state index in [1.807, 2.05) is 37.3 Å². The predicted octanol–water partition coefficient (Wildman–Crippen LogP) is 4.13. The van der Waals surface area contributed by atoms with Gasteiger partial charge in [0.2, 0.25) is 9.47 Å². The van der Waals surface area contributed by atoms with E-state index in [1.54, 1.807) is 25.1 Å². The van der Waals surface area contributed by atoms with Gasteiger partial charge in [-0.2, -0.15) is 0 Å². The maximum Gasteiger partial charge on any atom is 0.270 e. The molecule has 3 aromatic rings. The first kappa shape index (κ1) is 23.3. The Balaban J connectivity index is 1.40. The van der Waals surface area contributed by atoms with Crippen molar-refractivity contribution in [2.45, 2.75) is 43.5 Å². The molecule has 1 aromatic heterocycles. The molecule has 10 heteroatoms. The summed E-state index contributed by atoms with van der Waals surface area (Å²) in [4.78, 5) is 14.7. The van der Waals surface area contributed by atoms with Gasteiger partial charge >= 0.3 is 0 Å². The highest BCUT2D eigenvalue weighted by Crippen LogP contribution is 2.25. The second-order valence-electron chi connectivity index (χ2n) is 8.18. The summed E-state index contributed by atoms with van der Waals surface area (Å²) in [5.74, 6) is -0.367. The van der Waals surface area contributed by atoms with Crippen molar-refractivity contribution in [1.29, 1.82) is 0 Å². The Morgan fingerprint density at radius 1 is 1.06 bits per heavy atom. The summed E-state index contributed by atoms with van der Waals surface area (Å²) in [7, 11) is -3.89. The first-order chi connectivity index (χ1) is 15.8. The van der Waals surface area contributed by atoms with Crippen molar-refractivity contribution in [3.63, 3.8) is 0 Å². The fraction of sp³-hybridized carbons (Fsp3) is 0.348. The molecule has 33 heavy (non-hydrogen) atoms. The molecule has 0 radical (unpaired) electrons.